The van der Waals surface area contributed by atoms with Crippen LogP contribution in [0.2, 0.25) is 0 Å². The summed E-state index contributed by atoms with van der Waals surface area (Å²) >= 11 is 3.69. The van der Waals surface area contributed by atoms with E-state index in [0.717, 1.165) is 32.0 Å². The Balaban J connectivity index is 1.83. The van der Waals surface area contributed by atoms with Gasteiger partial charge in [-0.1, -0.05) is 28.1 Å². The first-order chi connectivity index (χ1) is 10.1. The second kappa shape index (κ2) is 6.30. The normalized spacial score (nSPS) is 19.9. The smallest absolute Gasteiger partial charge is 0.127 e. The number of halogens is 1. The molecule has 1 saturated heterocycles. The van der Waals surface area contributed by atoms with Gasteiger partial charge >= 0.3 is 0 Å². The Bertz CT molecular complexity index is 622. The van der Waals surface area contributed by atoms with E-state index in [-0.39, 0.29) is 0 Å². The zero-order valence-corrected chi connectivity index (χ0v) is 14.1. The van der Waals surface area contributed by atoms with Gasteiger partial charge in [-0.25, -0.2) is 4.98 Å². The predicted molar refractivity (Wildman–Crippen MR) is 88.1 cm³/mol. The molecule has 1 aliphatic heterocycles. The average molecular weight is 349 g/mol. The molecule has 4 nitrogen and oxygen atoms in total. The topological polar surface area (TPSA) is 33.1 Å². The number of nitrogens with one attached hydrogen (secondary N) is 1. The number of imidazole rings is 1. The first kappa shape index (κ1) is 14.8. The molecule has 21 heavy (non-hydrogen) atoms. The molecule has 1 aliphatic rings. The summed E-state index contributed by atoms with van der Waals surface area (Å²) in [7, 11) is 2.07. The average Bonchev–Trinajstić information content (AvgIpc) is 2.89. The van der Waals surface area contributed by atoms with Gasteiger partial charge in [0.1, 0.15) is 5.82 Å². The van der Waals surface area contributed by atoms with E-state index in [1.165, 1.54) is 15.6 Å². The van der Waals surface area contributed by atoms with E-state index in [2.05, 4.69) is 67.9 Å². The van der Waals surface area contributed by atoms with Gasteiger partial charge in [-0.05, 0) is 24.1 Å². The van der Waals surface area contributed by atoms with Gasteiger partial charge in [0.05, 0.1) is 6.04 Å². The molecule has 112 valence electrons. The number of rotatable bonds is 3. The fourth-order valence-electron chi connectivity index (χ4n) is 2.89. The van der Waals surface area contributed by atoms with Crippen LogP contribution in [-0.2, 0) is 13.6 Å². The predicted octanol–water partition coefficient (Wildman–Crippen LogP) is 2.64. The fourth-order valence-corrected chi connectivity index (χ4v) is 3.51. The molecule has 1 aromatic carbocycles. The third kappa shape index (κ3) is 3.20. The van der Waals surface area contributed by atoms with E-state index in [9.17, 15) is 0 Å². The molecule has 0 spiro atoms. The SMILES string of the molecule is Cc1ccc(CN2CCNCC2c2nccn2C)c(Br)c1. The van der Waals surface area contributed by atoms with Crippen LogP contribution in [0.4, 0.5) is 0 Å². The van der Waals surface area contributed by atoms with E-state index >= 15 is 0 Å². The van der Waals surface area contributed by atoms with E-state index in [4.69, 9.17) is 0 Å². The van der Waals surface area contributed by atoms with Crippen molar-refractivity contribution >= 4 is 15.9 Å². The molecule has 0 saturated carbocycles. The lowest BCUT2D eigenvalue weighted by molar-refractivity contribution is 0.144. The second-order valence-corrected chi connectivity index (χ2v) is 6.54. The molecule has 1 aromatic heterocycles. The third-order valence-electron chi connectivity index (χ3n) is 4.09. The van der Waals surface area contributed by atoms with Crippen LogP contribution in [0.3, 0.4) is 0 Å². The van der Waals surface area contributed by atoms with Crippen molar-refractivity contribution in [3.8, 4) is 0 Å². The molecule has 1 fully saturated rings. The monoisotopic (exact) mass is 348 g/mol. The summed E-state index contributed by atoms with van der Waals surface area (Å²) in [5.74, 6) is 1.13. The second-order valence-electron chi connectivity index (χ2n) is 5.68. The maximum atomic E-state index is 4.54. The van der Waals surface area contributed by atoms with Crippen LogP contribution in [0.25, 0.3) is 0 Å². The quantitative estimate of drug-likeness (QED) is 0.925. The standard InChI is InChI=1S/C16H21BrN4/c1-12-3-4-13(14(17)9-12)11-21-8-5-18-10-15(21)16-19-6-7-20(16)2/h3-4,6-7,9,15,18H,5,8,10-11H2,1-2H3. The highest BCUT2D eigenvalue weighted by Gasteiger charge is 2.27. The molecule has 5 heteroatoms. The molecule has 1 N–H and O–H groups in total. The summed E-state index contributed by atoms with van der Waals surface area (Å²) in [6.07, 6.45) is 3.90. The van der Waals surface area contributed by atoms with Crippen molar-refractivity contribution in [1.29, 1.82) is 0 Å². The Morgan fingerprint density at radius 2 is 2.29 bits per heavy atom. The minimum absolute atomic E-state index is 0.326. The summed E-state index contributed by atoms with van der Waals surface area (Å²) in [6, 6.07) is 6.91. The number of benzene rings is 1. The Labute approximate surface area is 134 Å². The van der Waals surface area contributed by atoms with E-state index in [1.807, 2.05) is 12.4 Å². The third-order valence-corrected chi connectivity index (χ3v) is 4.83. The van der Waals surface area contributed by atoms with E-state index < -0.39 is 0 Å². The molecule has 0 radical (unpaired) electrons. The van der Waals surface area contributed by atoms with Crippen molar-refractivity contribution in [2.75, 3.05) is 19.6 Å². The van der Waals surface area contributed by atoms with Crippen LogP contribution in [0, 0.1) is 6.92 Å². The van der Waals surface area contributed by atoms with Crippen LogP contribution in [0.1, 0.15) is 23.0 Å². The van der Waals surface area contributed by atoms with E-state index in [1.54, 1.807) is 0 Å². The molecular formula is C16H21BrN4. The van der Waals surface area contributed by atoms with Crippen molar-refractivity contribution in [3.63, 3.8) is 0 Å². The van der Waals surface area contributed by atoms with Crippen molar-refractivity contribution in [2.45, 2.75) is 19.5 Å². The highest BCUT2D eigenvalue weighted by molar-refractivity contribution is 9.10. The first-order valence-electron chi connectivity index (χ1n) is 7.32. The van der Waals surface area contributed by atoms with Gasteiger partial charge in [0, 0.05) is 50.1 Å². The van der Waals surface area contributed by atoms with Crippen LogP contribution in [0.15, 0.2) is 35.1 Å². The highest BCUT2D eigenvalue weighted by atomic mass is 79.9. The minimum atomic E-state index is 0.326. The molecule has 0 aliphatic carbocycles. The molecule has 1 atom stereocenters. The summed E-state index contributed by atoms with van der Waals surface area (Å²) in [5.41, 5.74) is 2.62. The van der Waals surface area contributed by atoms with Crippen LogP contribution >= 0.6 is 15.9 Å². The number of hydrogen-bond acceptors (Lipinski definition) is 3. The van der Waals surface area contributed by atoms with Crippen LogP contribution in [-0.4, -0.2) is 34.1 Å². The summed E-state index contributed by atoms with van der Waals surface area (Å²) in [6.45, 7) is 6.09. The highest BCUT2D eigenvalue weighted by Crippen LogP contribution is 2.26. The first-order valence-corrected chi connectivity index (χ1v) is 8.11. The maximum absolute atomic E-state index is 4.54. The van der Waals surface area contributed by atoms with Crippen LogP contribution in [0.5, 0.6) is 0 Å². The number of hydrogen-bond donors (Lipinski definition) is 1. The lowest BCUT2D eigenvalue weighted by Gasteiger charge is -2.36. The summed E-state index contributed by atoms with van der Waals surface area (Å²) in [4.78, 5) is 7.05. The van der Waals surface area contributed by atoms with Crippen LogP contribution < -0.4 is 5.32 Å². The van der Waals surface area contributed by atoms with Crippen molar-refractivity contribution < 1.29 is 0 Å². The summed E-state index contributed by atoms with van der Waals surface area (Å²) < 4.78 is 3.31. The fraction of sp³-hybridized carbons (Fsp3) is 0.438. The van der Waals surface area contributed by atoms with Crippen molar-refractivity contribution in [3.05, 3.63) is 52.0 Å². The van der Waals surface area contributed by atoms with Crippen molar-refractivity contribution in [1.82, 2.24) is 19.8 Å². The summed E-state index contributed by atoms with van der Waals surface area (Å²) in [5, 5.41) is 3.48. The van der Waals surface area contributed by atoms with Crippen molar-refractivity contribution in [2.24, 2.45) is 7.05 Å². The van der Waals surface area contributed by atoms with Gasteiger partial charge < -0.3 is 9.88 Å². The molecule has 0 amide bonds. The molecule has 2 aromatic rings. The van der Waals surface area contributed by atoms with Gasteiger partial charge in [-0.2, -0.15) is 0 Å². The molecule has 3 rings (SSSR count). The molecule has 0 bridgehead atoms. The minimum Gasteiger partial charge on any atom is -0.337 e. The number of aromatic nitrogens is 2. The molecular weight excluding hydrogens is 328 g/mol. The maximum Gasteiger partial charge on any atom is 0.127 e. The zero-order chi connectivity index (χ0) is 14.8. The van der Waals surface area contributed by atoms with E-state index in [0.29, 0.717) is 6.04 Å². The Kier molecular flexibility index (Phi) is 4.42. The Morgan fingerprint density at radius 1 is 1.43 bits per heavy atom. The molecule has 2 heterocycles. The van der Waals surface area contributed by atoms with Gasteiger partial charge in [0.25, 0.3) is 0 Å². The molecule has 1 unspecified atom stereocenters. The zero-order valence-electron chi connectivity index (χ0n) is 12.5. The van der Waals surface area contributed by atoms with Gasteiger partial charge in [-0.15, -0.1) is 0 Å². The van der Waals surface area contributed by atoms with Gasteiger partial charge in [0.2, 0.25) is 0 Å². The number of aryl methyl sites for hydroxylation is 2. The van der Waals surface area contributed by atoms with Gasteiger partial charge in [-0.3, -0.25) is 4.90 Å². The Morgan fingerprint density at radius 3 is 3.00 bits per heavy atom. The lowest BCUT2D eigenvalue weighted by Crippen LogP contribution is -2.46. The van der Waals surface area contributed by atoms with Gasteiger partial charge in [0.15, 0.2) is 0 Å². The number of nitrogens with zero attached hydrogens (tertiary/aromatic N) is 3. The lowest BCUT2D eigenvalue weighted by atomic mass is 10.1. The number of piperazine rings is 1. The Hall–Kier alpha value is -1.17. The largest absolute Gasteiger partial charge is 0.337 e.